The van der Waals surface area contributed by atoms with E-state index < -0.39 is 5.97 Å². The molecule has 146 valence electrons. The molecule has 0 aliphatic carbocycles. The maximum Gasteiger partial charge on any atom is 0.343 e. The highest BCUT2D eigenvalue weighted by Gasteiger charge is 2.19. The number of carbonyl (C=O) groups excluding carboxylic acids is 1. The van der Waals surface area contributed by atoms with Crippen LogP contribution in [0.1, 0.15) is 17.3 Å². The number of nitrogens with zero attached hydrogens (tertiary/aromatic N) is 6. The predicted molar refractivity (Wildman–Crippen MR) is 110 cm³/mol. The first kappa shape index (κ1) is 18.8. The Morgan fingerprint density at radius 1 is 1.17 bits per heavy atom. The number of hydrogen-bond acceptors (Lipinski definition) is 9. The van der Waals surface area contributed by atoms with Crippen LogP contribution in [-0.4, -0.2) is 48.5 Å². The van der Waals surface area contributed by atoms with E-state index in [9.17, 15) is 4.79 Å². The number of thioether (sulfide) groups is 1. The van der Waals surface area contributed by atoms with Crippen LogP contribution in [-0.2, 0) is 4.74 Å². The summed E-state index contributed by atoms with van der Waals surface area (Å²) < 4.78 is 6.87. The third kappa shape index (κ3) is 3.74. The normalized spacial score (nSPS) is 10.8. The Morgan fingerprint density at radius 3 is 2.72 bits per heavy atom. The van der Waals surface area contributed by atoms with E-state index in [-0.39, 0.29) is 12.2 Å². The number of carbonyl (C=O) groups is 1. The lowest BCUT2D eigenvalue weighted by molar-refractivity contribution is 0.0526. The van der Waals surface area contributed by atoms with Crippen LogP contribution in [0.5, 0.6) is 0 Å². The van der Waals surface area contributed by atoms with Gasteiger partial charge in [0.05, 0.1) is 24.5 Å². The molecule has 1 N–H and O–H groups in total. The van der Waals surface area contributed by atoms with Crippen molar-refractivity contribution in [2.45, 2.75) is 12.1 Å². The van der Waals surface area contributed by atoms with Crippen LogP contribution in [0.2, 0.25) is 0 Å². The van der Waals surface area contributed by atoms with Crippen LogP contribution in [0.3, 0.4) is 0 Å². The zero-order valence-corrected chi connectivity index (χ0v) is 16.6. The van der Waals surface area contributed by atoms with E-state index in [2.05, 4.69) is 30.4 Å². The van der Waals surface area contributed by atoms with E-state index >= 15 is 0 Å². The van der Waals surface area contributed by atoms with E-state index in [0.717, 1.165) is 16.6 Å². The molecule has 0 bridgehead atoms. The zero-order chi connectivity index (χ0) is 20.2. The smallest absolute Gasteiger partial charge is 0.343 e. The van der Waals surface area contributed by atoms with Gasteiger partial charge in [-0.15, -0.1) is 5.10 Å². The number of rotatable bonds is 6. The molecule has 0 saturated carbocycles. The molecule has 4 rings (SSSR count). The Balaban J connectivity index is 1.82. The number of esters is 1. The Morgan fingerprint density at radius 2 is 1.97 bits per heavy atom. The first-order valence-electron chi connectivity index (χ1n) is 8.79. The second-order valence-electron chi connectivity index (χ2n) is 5.84. The van der Waals surface area contributed by atoms with Gasteiger partial charge in [0.1, 0.15) is 17.6 Å². The summed E-state index contributed by atoms with van der Waals surface area (Å²) in [6, 6.07) is 7.72. The summed E-state index contributed by atoms with van der Waals surface area (Å²) >= 11 is 1.38. The van der Waals surface area contributed by atoms with Crippen LogP contribution in [0.15, 0.2) is 54.3 Å². The number of aromatic nitrogens is 6. The lowest BCUT2D eigenvalue weighted by Gasteiger charge is -2.09. The molecular formula is C19H17N7O2S. The monoisotopic (exact) mass is 407 g/mol. The highest BCUT2D eigenvalue weighted by molar-refractivity contribution is 7.98. The molecule has 9 nitrogen and oxygen atoms in total. The van der Waals surface area contributed by atoms with Gasteiger partial charge in [-0.05, 0) is 25.3 Å². The van der Waals surface area contributed by atoms with E-state index in [0.29, 0.717) is 16.8 Å². The van der Waals surface area contributed by atoms with Gasteiger partial charge in [0.15, 0.2) is 16.8 Å². The van der Waals surface area contributed by atoms with Gasteiger partial charge in [-0.3, -0.25) is 0 Å². The minimum absolute atomic E-state index is 0.242. The number of para-hydroxylation sites is 1. The Bertz CT molecular complexity index is 1160. The molecule has 29 heavy (non-hydrogen) atoms. The molecule has 0 aliphatic heterocycles. The van der Waals surface area contributed by atoms with Gasteiger partial charge in [-0.2, -0.15) is 0 Å². The lowest BCUT2D eigenvalue weighted by atomic mass is 10.2. The quantitative estimate of drug-likeness (QED) is 0.293. The minimum atomic E-state index is -0.497. The van der Waals surface area contributed by atoms with Crippen molar-refractivity contribution in [3.63, 3.8) is 0 Å². The van der Waals surface area contributed by atoms with Crippen molar-refractivity contribution in [3.05, 3.63) is 54.7 Å². The molecule has 1 aromatic carbocycles. The van der Waals surface area contributed by atoms with Crippen LogP contribution < -0.4 is 5.32 Å². The molecule has 10 heteroatoms. The fourth-order valence-corrected chi connectivity index (χ4v) is 3.13. The van der Waals surface area contributed by atoms with E-state index in [1.54, 1.807) is 24.0 Å². The predicted octanol–water partition coefficient (Wildman–Crippen LogP) is 3.25. The Hall–Kier alpha value is -3.53. The van der Waals surface area contributed by atoms with E-state index in [1.807, 2.05) is 30.5 Å². The first-order chi connectivity index (χ1) is 14.2. The third-order valence-corrected chi connectivity index (χ3v) is 4.62. The van der Waals surface area contributed by atoms with Crippen LogP contribution in [0.4, 0.5) is 11.6 Å². The van der Waals surface area contributed by atoms with Gasteiger partial charge >= 0.3 is 5.97 Å². The molecule has 0 spiro atoms. The van der Waals surface area contributed by atoms with Crippen LogP contribution >= 0.6 is 11.8 Å². The first-order valence-corrected chi connectivity index (χ1v) is 10.0. The van der Waals surface area contributed by atoms with Gasteiger partial charge in [0.25, 0.3) is 0 Å². The maximum atomic E-state index is 12.4. The van der Waals surface area contributed by atoms with Gasteiger partial charge in [0, 0.05) is 11.6 Å². The highest BCUT2D eigenvalue weighted by Crippen LogP contribution is 2.29. The fraction of sp³-hybridized carbons (Fsp3) is 0.158. The van der Waals surface area contributed by atoms with Crippen LogP contribution in [0.25, 0.3) is 16.6 Å². The standard InChI is InChI=1S/C19H17N7O2S/c1-3-28-18(27)14-10-22-19(29-2)24-16(14)23-17-13-6-4-5-7-15(13)26(25-17)12-8-20-11-21-9-12/h4-11H,3H2,1-2H3,(H,22,23,24,25). The van der Waals surface area contributed by atoms with Gasteiger partial charge in [-0.1, -0.05) is 23.9 Å². The molecule has 0 fully saturated rings. The summed E-state index contributed by atoms with van der Waals surface area (Å²) in [6.07, 6.45) is 8.14. The highest BCUT2D eigenvalue weighted by atomic mass is 32.2. The molecule has 0 atom stereocenters. The number of anilines is 2. The Labute approximate surface area is 170 Å². The van der Waals surface area contributed by atoms with Crippen molar-refractivity contribution < 1.29 is 9.53 Å². The summed E-state index contributed by atoms with van der Waals surface area (Å²) in [5.41, 5.74) is 1.82. The number of fused-ring (bicyclic) bond motifs is 1. The molecule has 4 aromatic rings. The molecule has 3 heterocycles. The third-order valence-electron chi connectivity index (χ3n) is 4.06. The number of nitrogens with one attached hydrogen (secondary N) is 1. The van der Waals surface area contributed by atoms with Crippen molar-refractivity contribution >= 4 is 40.3 Å². The SMILES string of the molecule is CCOC(=O)c1cnc(SC)nc1Nc1nn(-c2cncnc2)c2ccccc12. The summed E-state index contributed by atoms with van der Waals surface area (Å²) in [4.78, 5) is 29.1. The number of hydrogen-bond donors (Lipinski definition) is 1. The molecule has 0 saturated heterocycles. The lowest BCUT2D eigenvalue weighted by Crippen LogP contribution is -2.11. The zero-order valence-electron chi connectivity index (χ0n) is 15.7. The summed E-state index contributed by atoms with van der Waals surface area (Å²) in [7, 11) is 0. The summed E-state index contributed by atoms with van der Waals surface area (Å²) in [5, 5.41) is 9.23. The van der Waals surface area contributed by atoms with Gasteiger partial charge < -0.3 is 10.1 Å². The number of benzene rings is 1. The summed E-state index contributed by atoms with van der Waals surface area (Å²) in [6.45, 7) is 2.01. The molecular weight excluding hydrogens is 390 g/mol. The van der Waals surface area contributed by atoms with Gasteiger partial charge in [-0.25, -0.2) is 29.4 Å². The van der Waals surface area contributed by atoms with E-state index in [4.69, 9.17) is 4.74 Å². The largest absolute Gasteiger partial charge is 0.462 e. The van der Waals surface area contributed by atoms with E-state index in [1.165, 1.54) is 24.3 Å². The second-order valence-corrected chi connectivity index (χ2v) is 6.61. The van der Waals surface area contributed by atoms with Crippen molar-refractivity contribution in [2.75, 3.05) is 18.2 Å². The average molecular weight is 407 g/mol. The van der Waals surface area contributed by atoms with Crippen LogP contribution in [0, 0.1) is 0 Å². The Kier molecular flexibility index (Phi) is 5.34. The van der Waals surface area contributed by atoms with Crippen molar-refractivity contribution in [1.29, 1.82) is 0 Å². The van der Waals surface area contributed by atoms with Gasteiger partial charge in [0.2, 0.25) is 0 Å². The molecule has 0 amide bonds. The second kappa shape index (κ2) is 8.23. The summed E-state index contributed by atoms with van der Waals surface area (Å²) in [5.74, 6) is 0.381. The maximum absolute atomic E-state index is 12.4. The minimum Gasteiger partial charge on any atom is -0.462 e. The van der Waals surface area contributed by atoms with Crippen molar-refractivity contribution in [2.24, 2.45) is 0 Å². The molecule has 0 radical (unpaired) electrons. The number of ether oxygens (including phenoxy) is 1. The molecule has 0 aliphatic rings. The van der Waals surface area contributed by atoms with Crippen molar-refractivity contribution in [1.82, 2.24) is 29.7 Å². The topological polar surface area (TPSA) is 108 Å². The molecule has 0 unspecified atom stereocenters. The molecule has 3 aromatic heterocycles. The fourth-order valence-electron chi connectivity index (χ4n) is 2.79. The average Bonchev–Trinajstić information content (AvgIpc) is 3.13. The van der Waals surface area contributed by atoms with Crippen molar-refractivity contribution in [3.8, 4) is 5.69 Å².